The summed E-state index contributed by atoms with van der Waals surface area (Å²) >= 11 is 0. The van der Waals surface area contributed by atoms with Crippen molar-refractivity contribution < 1.29 is 14.3 Å². The van der Waals surface area contributed by atoms with Crippen LogP contribution in [-0.2, 0) is 20.9 Å². The van der Waals surface area contributed by atoms with Gasteiger partial charge >= 0.3 is 5.97 Å². The molecule has 0 radical (unpaired) electrons. The number of amides is 1. The summed E-state index contributed by atoms with van der Waals surface area (Å²) in [6.45, 7) is 5.50. The van der Waals surface area contributed by atoms with Gasteiger partial charge in [0, 0.05) is 0 Å². The Bertz CT molecular complexity index is 420. The number of rotatable bonds is 4. The number of carbonyl (C=O) groups excluding carboxylic acids is 2. The zero-order chi connectivity index (χ0) is 13.8. The normalized spacial score (nSPS) is 12.8. The van der Waals surface area contributed by atoms with E-state index in [9.17, 15) is 9.59 Å². The van der Waals surface area contributed by atoms with Crippen molar-refractivity contribution in [2.24, 2.45) is 17.1 Å². The molecule has 0 aliphatic heterocycles. The number of nitrogens with two attached hydrogens (primary N) is 1. The van der Waals surface area contributed by atoms with Crippen LogP contribution in [0.2, 0.25) is 0 Å². The van der Waals surface area contributed by atoms with E-state index >= 15 is 0 Å². The van der Waals surface area contributed by atoms with Crippen LogP contribution in [0.1, 0.15) is 26.3 Å². The maximum absolute atomic E-state index is 11.9. The first-order chi connectivity index (χ1) is 8.32. The van der Waals surface area contributed by atoms with E-state index < -0.39 is 23.2 Å². The summed E-state index contributed by atoms with van der Waals surface area (Å²) in [4.78, 5) is 23.2. The third kappa shape index (κ3) is 3.87. The molecule has 0 bridgehead atoms. The Balaban J connectivity index is 2.67. The highest BCUT2D eigenvalue weighted by Gasteiger charge is 2.37. The highest BCUT2D eigenvalue weighted by molar-refractivity contribution is 5.97. The summed E-state index contributed by atoms with van der Waals surface area (Å²) in [7, 11) is 0. The third-order valence-electron chi connectivity index (χ3n) is 2.61. The number of hydrogen-bond donors (Lipinski definition) is 1. The van der Waals surface area contributed by atoms with Crippen LogP contribution in [-0.4, -0.2) is 11.9 Å². The van der Waals surface area contributed by atoms with Crippen LogP contribution in [0.25, 0.3) is 0 Å². The molecule has 1 aromatic carbocycles. The molecule has 1 atom stereocenters. The number of carbonyl (C=O) groups is 2. The van der Waals surface area contributed by atoms with Crippen molar-refractivity contribution in [3.8, 4) is 0 Å². The van der Waals surface area contributed by atoms with E-state index in [4.69, 9.17) is 10.5 Å². The zero-order valence-corrected chi connectivity index (χ0v) is 11.0. The molecule has 0 heterocycles. The Hall–Kier alpha value is -1.84. The first-order valence-corrected chi connectivity index (χ1v) is 5.82. The van der Waals surface area contributed by atoms with Crippen molar-refractivity contribution >= 4 is 11.9 Å². The van der Waals surface area contributed by atoms with E-state index in [2.05, 4.69) is 0 Å². The van der Waals surface area contributed by atoms with Gasteiger partial charge in [-0.1, -0.05) is 51.1 Å². The van der Waals surface area contributed by atoms with Gasteiger partial charge in [-0.15, -0.1) is 0 Å². The zero-order valence-electron chi connectivity index (χ0n) is 11.0. The Morgan fingerprint density at radius 3 is 2.22 bits per heavy atom. The van der Waals surface area contributed by atoms with Gasteiger partial charge in [0.15, 0.2) is 0 Å². The fourth-order valence-electron chi connectivity index (χ4n) is 1.71. The van der Waals surface area contributed by atoms with Gasteiger partial charge < -0.3 is 10.5 Å². The molecule has 0 aliphatic carbocycles. The standard InChI is InChI=1S/C14H19NO3/c1-14(2,3)11(12(15)16)13(17)18-9-10-7-5-4-6-8-10/h4-8,11H,9H2,1-3H3,(H2,15,16). The predicted molar refractivity (Wildman–Crippen MR) is 68.4 cm³/mol. The number of benzene rings is 1. The summed E-state index contributed by atoms with van der Waals surface area (Å²) in [5.41, 5.74) is 5.59. The Morgan fingerprint density at radius 1 is 1.22 bits per heavy atom. The largest absolute Gasteiger partial charge is 0.460 e. The monoisotopic (exact) mass is 249 g/mol. The molecular weight excluding hydrogens is 230 g/mol. The molecule has 4 heteroatoms. The van der Waals surface area contributed by atoms with E-state index in [-0.39, 0.29) is 6.61 Å². The van der Waals surface area contributed by atoms with Gasteiger partial charge in [0.1, 0.15) is 12.5 Å². The summed E-state index contributed by atoms with van der Waals surface area (Å²) in [5, 5.41) is 0. The average molecular weight is 249 g/mol. The lowest BCUT2D eigenvalue weighted by atomic mass is 9.80. The molecule has 0 spiro atoms. The minimum atomic E-state index is -0.929. The number of hydrogen-bond acceptors (Lipinski definition) is 3. The molecule has 0 saturated heterocycles. The fraction of sp³-hybridized carbons (Fsp3) is 0.429. The second-order valence-electron chi connectivity index (χ2n) is 5.29. The van der Waals surface area contributed by atoms with E-state index in [0.717, 1.165) is 5.56 Å². The molecule has 0 fully saturated rings. The molecule has 4 nitrogen and oxygen atoms in total. The number of ether oxygens (including phenoxy) is 1. The van der Waals surface area contributed by atoms with Crippen molar-refractivity contribution in [2.75, 3.05) is 0 Å². The van der Waals surface area contributed by atoms with Crippen LogP contribution in [0, 0.1) is 11.3 Å². The van der Waals surface area contributed by atoms with Crippen LogP contribution in [0.5, 0.6) is 0 Å². The van der Waals surface area contributed by atoms with Gasteiger partial charge in [0.2, 0.25) is 5.91 Å². The summed E-state index contributed by atoms with van der Waals surface area (Å²) in [5.74, 6) is -2.15. The maximum Gasteiger partial charge on any atom is 0.319 e. The predicted octanol–water partition coefficient (Wildman–Crippen LogP) is 1.88. The Labute approximate surface area is 107 Å². The lowest BCUT2D eigenvalue weighted by Gasteiger charge is -2.25. The highest BCUT2D eigenvalue weighted by atomic mass is 16.5. The van der Waals surface area contributed by atoms with Gasteiger partial charge in [0.25, 0.3) is 0 Å². The van der Waals surface area contributed by atoms with Crippen LogP contribution in [0.4, 0.5) is 0 Å². The molecule has 1 aromatic rings. The van der Waals surface area contributed by atoms with Crippen LogP contribution in [0.15, 0.2) is 30.3 Å². The molecule has 1 amide bonds. The molecule has 0 aliphatic rings. The third-order valence-corrected chi connectivity index (χ3v) is 2.61. The van der Waals surface area contributed by atoms with Gasteiger partial charge in [0.05, 0.1) is 0 Å². The van der Waals surface area contributed by atoms with Crippen LogP contribution < -0.4 is 5.73 Å². The van der Waals surface area contributed by atoms with Crippen LogP contribution in [0.3, 0.4) is 0 Å². The van der Waals surface area contributed by atoms with E-state index in [1.807, 2.05) is 30.3 Å². The molecule has 0 aromatic heterocycles. The topological polar surface area (TPSA) is 69.4 Å². The van der Waals surface area contributed by atoms with E-state index in [1.54, 1.807) is 20.8 Å². The molecule has 2 N–H and O–H groups in total. The maximum atomic E-state index is 11.9. The molecule has 1 unspecified atom stereocenters. The van der Waals surface area contributed by atoms with E-state index in [0.29, 0.717) is 0 Å². The lowest BCUT2D eigenvalue weighted by molar-refractivity contribution is -0.157. The number of esters is 1. The molecule has 0 saturated carbocycles. The summed E-state index contributed by atoms with van der Waals surface area (Å²) in [6, 6.07) is 9.30. The molecular formula is C14H19NO3. The Kier molecular flexibility index (Phi) is 4.48. The SMILES string of the molecule is CC(C)(C)C(C(N)=O)C(=O)OCc1ccccc1. The quantitative estimate of drug-likeness (QED) is 0.654. The number of primary amides is 1. The van der Waals surface area contributed by atoms with Crippen molar-refractivity contribution in [1.29, 1.82) is 0 Å². The second-order valence-corrected chi connectivity index (χ2v) is 5.29. The fourth-order valence-corrected chi connectivity index (χ4v) is 1.71. The first kappa shape index (κ1) is 14.2. The van der Waals surface area contributed by atoms with E-state index in [1.165, 1.54) is 0 Å². The molecule has 18 heavy (non-hydrogen) atoms. The smallest absolute Gasteiger partial charge is 0.319 e. The van der Waals surface area contributed by atoms with Crippen molar-refractivity contribution in [2.45, 2.75) is 27.4 Å². The second kappa shape index (κ2) is 5.67. The van der Waals surface area contributed by atoms with Gasteiger partial charge in [-0.2, -0.15) is 0 Å². The van der Waals surface area contributed by atoms with Gasteiger partial charge in [-0.3, -0.25) is 9.59 Å². The first-order valence-electron chi connectivity index (χ1n) is 5.82. The van der Waals surface area contributed by atoms with Crippen molar-refractivity contribution in [3.63, 3.8) is 0 Å². The van der Waals surface area contributed by atoms with Crippen molar-refractivity contribution in [3.05, 3.63) is 35.9 Å². The van der Waals surface area contributed by atoms with Gasteiger partial charge in [-0.25, -0.2) is 0 Å². The highest BCUT2D eigenvalue weighted by Crippen LogP contribution is 2.27. The molecule has 98 valence electrons. The van der Waals surface area contributed by atoms with Gasteiger partial charge in [-0.05, 0) is 11.0 Å². The summed E-state index contributed by atoms with van der Waals surface area (Å²) < 4.78 is 5.14. The molecule has 1 rings (SSSR count). The lowest BCUT2D eigenvalue weighted by Crippen LogP contribution is -2.40. The minimum Gasteiger partial charge on any atom is -0.460 e. The van der Waals surface area contributed by atoms with Crippen LogP contribution >= 0.6 is 0 Å². The Morgan fingerprint density at radius 2 is 1.78 bits per heavy atom. The average Bonchev–Trinajstić information content (AvgIpc) is 2.25. The minimum absolute atomic E-state index is 0.152. The summed E-state index contributed by atoms with van der Waals surface area (Å²) in [6.07, 6.45) is 0. The van der Waals surface area contributed by atoms with Crippen molar-refractivity contribution in [1.82, 2.24) is 0 Å².